The molecular formula is C17H20N2O3. The van der Waals surface area contributed by atoms with Crippen molar-refractivity contribution in [3.8, 4) is 11.5 Å². The van der Waals surface area contributed by atoms with Crippen molar-refractivity contribution in [1.82, 2.24) is 0 Å². The maximum Gasteiger partial charge on any atom is 0.142 e. The van der Waals surface area contributed by atoms with E-state index in [1.807, 2.05) is 12.1 Å². The number of rotatable bonds is 4. The number of nitrogens with one attached hydrogen (secondary N) is 1. The van der Waals surface area contributed by atoms with Crippen molar-refractivity contribution in [2.24, 2.45) is 0 Å². The van der Waals surface area contributed by atoms with Gasteiger partial charge < -0.3 is 25.2 Å². The van der Waals surface area contributed by atoms with Crippen molar-refractivity contribution in [2.45, 2.75) is 6.54 Å². The molecule has 0 amide bonds. The summed E-state index contributed by atoms with van der Waals surface area (Å²) in [5.74, 6) is 0.0978. The molecule has 0 atom stereocenters. The molecule has 0 aliphatic carbocycles. The maximum absolute atomic E-state index is 9.84. The van der Waals surface area contributed by atoms with E-state index in [2.05, 4.69) is 22.3 Å². The number of anilines is 2. The average molecular weight is 300 g/mol. The van der Waals surface area contributed by atoms with Gasteiger partial charge in [-0.3, -0.25) is 0 Å². The summed E-state index contributed by atoms with van der Waals surface area (Å²) in [6.45, 7) is 3.88. The van der Waals surface area contributed by atoms with Gasteiger partial charge in [0.1, 0.15) is 11.5 Å². The van der Waals surface area contributed by atoms with Gasteiger partial charge in [0.05, 0.1) is 18.9 Å². The van der Waals surface area contributed by atoms with E-state index in [1.54, 1.807) is 12.1 Å². The van der Waals surface area contributed by atoms with Crippen LogP contribution in [-0.2, 0) is 11.3 Å². The Morgan fingerprint density at radius 3 is 2.59 bits per heavy atom. The third-order valence-corrected chi connectivity index (χ3v) is 3.79. The first-order valence-electron chi connectivity index (χ1n) is 7.40. The third kappa shape index (κ3) is 3.26. The summed E-state index contributed by atoms with van der Waals surface area (Å²) in [5, 5.41) is 22.4. The first kappa shape index (κ1) is 14.5. The fourth-order valence-electron chi connectivity index (χ4n) is 2.63. The maximum atomic E-state index is 9.84. The number of nitrogens with zero attached hydrogens (tertiary/aromatic N) is 1. The largest absolute Gasteiger partial charge is 0.508 e. The second-order valence-corrected chi connectivity index (χ2v) is 5.28. The lowest BCUT2D eigenvalue weighted by atomic mass is 10.1. The lowest BCUT2D eigenvalue weighted by Gasteiger charge is -2.30. The Hall–Kier alpha value is -2.40. The Balaban J connectivity index is 1.74. The summed E-state index contributed by atoms with van der Waals surface area (Å²) >= 11 is 0. The number of benzene rings is 2. The second kappa shape index (κ2) is 6.58. The monoisotopic (exact) mass is 300 g/mol. The minimum atomic E-state index is 0.0452. The molecular weight excluding hydrogens is 280 g/mol. The molecule has 1 aliphatic rings. The molecule has 116 valence electrons. The highest BCUT2D eigenvalue weighted by atomic mass is 16.5. The lowest BCUT2D eigenvalue weighted by molar-refractivity contribution is 0.122. The van der Waals surface area contributed by atoms with E-state index in [1.165, 1.54) is 11.8 Å². The predicted molar refractivity (Wildman–Crippen MR) is 86.6 cm³/mol. The molecule has 2 aromatic rings. The molecule has 2 aromatic carbocycles. The smallest absolute Gasteiger partial charge is 0.142 e. The Bertz CT molecular complexity index is 640. The van der Waals surface area contributed by atoms with Crippen molar-refractivity contribution >= 4 is 11.4 Å². The van der Waals surface area contributed by atoms with Crippen LogP contribution >= 0.6 is 0 Å². The SMILES string of the molecule is Oc1ccc(NCc2ccccc2N2CCOCC2)c(O)c1. The van der Waals surface area contributed by atoms with E-state index in [0.29, 0.717) is 12.2 Å². The van der Waals surface area contributed by atoms with Crippen LogP contribution in [0.1, 0.15) is 5.56 Å². The van der Waals surface area contributed by atoms with Crippen LogP contribution in [0.3, 0.4) is 0 Å². The molecule has 0 unspecified atom stereocenters. The molecule has 0 bridgehead atoms. The van der Waals surface area contributed by atoms with E-state index in [9.17, 15) is 10.2 Å². The van der Waals surface area contributed by atoms with Crippen LogP contribution in [0.15, 0.2) is 42.5 Å². The highest BCUT2D eigenvalue weighted by molar-refractivity contribution is 5.60. The normalized spacial score (nSPS) is 14.8. The molecule has 3 N–H and O–H groups in total. The van der Waals surface area contributed by atoms with Gasteiger partial charge in [0.2, 0.25) is 0 Å². The molecule has 22 heavy (non-hydrogen) atoms. The van der Waals surface area contributed by atoms with Crippen molar-refractivity contribution in [1.29, 1.82) is 0 Å². The molecule has 1 fully saturated rings. The van der Waals surface area contributed by atoms with Crippen molar-refractivity contribution in [2.75, 3.05) is 36.5 Å². The van der Waals surface area contributed by atoms with Crippen LogP contribution in [0, 0.1) is 0 Å². The van der Waals surface area contributed by atoms with E-state index in [0.717, 1.165) is 31.9 Å². The summed E-state index contributed by atoms with van der Waals surface area (Å²) in [6, 6.07) is 12.8. The van der Waals surface area contributed by atoms with E-state index in [4.69, 9.17) is 4.74 Å². The van der Waals surface area contributed by atoms with E-state index in [-0.39, 0.29) is 11.5 Å². The number of aromatic hydroxyl groups is 2. The number of para-hydroxylation sites is 1. The van der Waals surface area contributed by atoms with Gasteiger partial charge in [-0.05, 0) is 23.8 Å². The zero-order valence-corrected chi connectivity index (χ0v) is 12.3. The van der Waals surface area contributed by atoms with Gasteiger partial charge in [0.15, 0.2) is 0 Å². The van der Waals surface area contributed by atoms with E-state index < -0.39 is 0 Å². The summed E-state index contributed by atoms with van der Waals surface area (Å²) in [5.41, 5.74) is 2.96. The first-order chi connectivity index (χ1) is 10.7. The quantitative estimate of drug-likeness (QED) is 0.598. The molecule has 1 saturated heterocycles. The zero-order chi connectivity index (χ0) is 15.4. The number of hydrogen-bond acceptors (Lipinski definition) is 5. The Morgan fingerprint density at radius 2 is 1.82 bits per heavy atom. The van der Waals surface area contributed by atoms with Gasteiger partial charge in [-0.25, -0.2) is 0 Å². The van der Waals surface area contributed by atoms with Gasteiger partial charge in [0.25, 0.3) is 0 Å². The summed E-state index contributed by atoms with van der Waals surface area (Å²) < 4.78 is 5.40. The molecule has 5 heteroatoms. The van der Waals surface area contributed by atoms with Crippen molar-refractivity contribution < 1.29 is 14.9 Å². The highest BCUT2D eigenvalue weighted by Crippen LogP contribution is 2.29. The average Bonchev–Trinajstić information content (AvgIpc) is 2.55. The number of ether oxygens (including phenoxy) is 1. The van der Waals surface area contributed by atoms with E-state index >= 15 is 0 Å². The molecule has 0 saturated carbocycles. The number of hydrogen-bond donors (Lipinski definition) is 3. The summed E-state index contributed by atoms with van der Waals surface area (Å²) in [4.78, 5) is 2.32. The third-order valence-electron chi connectivity index (χ3n) is 3.79. The molecule has 0 aromatic heterocycles. The molecule has 3 rings (SSSR count). The van der Waals surface area contributed by atoms with Crippen LogP contribution in [-0.4, -0.2) is 36.5 Å². The number of morpholine rings is 1. The Labute approximate surface area is 129 Å². The van der Waals surface area contributed by atoms with Gasteiger partial charge in [-0.1, -0.05) is 18.2 Å². The van der Waals surface area contributed by atoms with Crippen LogP contribution < -0.4 is 10.2 Å². The number of phenolic OH excluding ortho intramolecular Hbond substituents is 2. The standard InChI is InChI=1S/C17H20N2O3/c20-14-5-6-15(17(21)11-14)18-12-13-3-1-2-4-16(13)19-7-9-22-10-8-19/h1-6,11,18,20-21H,7-10,12H2. The van der Waals surface area contributed by atoms with Crippen molar-refractivity contribution in [3.05, 3.63) is 48.0 Å². The minimum absolute atomic E-state index is 0.0452. The fourth-order valence-corrected chi connectivity index (χ4v) is 2.63. The highest BCUT2D eigenvalue weighted by Gasteiger charge is 2.14. The van der Waals surface area contributed by atoms with Crippen molar-refractivity contribution in [3.63, 3.8) is 0 Å². The lowest BCUT2D eigenvalue weighted by Crippen LogP contribution is -2.36. The number of phenols is 2. The van der Waals surface area contributed by atoms with Gasteiger partial charge in [0, 0.05) is 31.4 Å². The predicted octanol–water partition coefficient (Wildman–Crippen LogP) is 2.55. The Morgan fingerprint density at radius 1 is 1.05 bits per heavy atom. The van der Waals surface area contributed by atoms with Crippen LogP contribution in [0.2, 0.25) is 0 Å². The van der Waals surface area contributed by atoms with Gasteiger partial charge in [-0.2, -0.15) is 0 Å². The molecule has 0 radical (unpaired) electrons. The molecule has 0 spiro atoms. The molecule has 5 nitrogen and oxygen atoms in total. The van der Waals surface area contributed by atoms with Gasteiger partial charge >= 0.3 is 0 Å². The fraction of sp³-hybridized carbons (Fsp3) is 0.294. The van der Waals surface area contributed by atoms with Crippen LogP contribution in [0.5, 0.6) is 11.5 Å². The van der Waals surface area contributed by atoms with Crippen LogP contribution in [0.25, 0.3) is 0 Å². The summed E-state index contributed by atoms with van der Waals surface area (Å²) in [6.07, 6.45) is 0. The zero-order valence-electron chi connectivity index (χ0n) is 12.3. The topological polar surface area (TPSA) is 65.0 Å². The Kier molecular flexibility index (Phi) is 4.34. The molecule has 1 aliphatic heterocycles. The molecule has 1 heterocycles. The van der Waals surface area contributed by atoms with Gasteiger partial charge in [-0.15, -0.1) is 0 Å². The summed E-state index contributed by atoms with van der Waals surface area (Å²) in [7, 11) is 0. The van der Waals surface area contributed by atoms with Crippen LogP contribution in [0.4, 0.5) is 11.4 Å². The first-order valence-corrected chi connectivity index (χ1v) is 7.40. The minimum Gasteiger partial charge on any atom is -0.508 e. The second-order valence-electron chi connectivity index (χ2n) is 5.28.